The van der Waals surface area contributed by atoms with Crippen LogP contribution < -0.4 is 10.1 Å². The van der Waals surface area contributed by atoms with Crippen LogP contribution in [0.3, 0.4) is 0 Å². The SMILES string of the molecule is CCOC(=O)c1c(NC(=O)Cc2ccc(OC)cc2)sc(C(=O)OC(C)(C)C)c1C. The molecule has 0 aliphatic carbocycles. The molecule has 0 radical (unpaired) electrons. The molecular weight excluding hydrogens is 406 g/mol. The summed E-state index contributed by atoms with van der Waals surface area (Å²) in [6.07, 6.45) is 0.102. The molecule has 0 saturated carbocycles. The molecule has 0 unspecified atom stereocenters. The average molecular weight is 434 g/mol. The van der Waals surface area contributed by atoms with Gasteiger partial charge in [-0.25, -0.2) is 9.59 Å². The number of benzene rings is 1. The third kappa shape index (κ3) is 6.06. The number of anilines is 1. The van der Waals surface area contributed by atoms with Gasteiger partial charge in [-0.1, -0.05) is 12.1 Å². The van der Waals surface area contributed by atoms with Crippen LogP contribution in [0.4, 0.5) is 5.00 Å². The normalized spacial score (nSPS) is 11.0. The molecule has 0 atom stereocenters. The predicted octanol–water partition coefficient (Wildman–Crippen LogP) is 4.38. The van der Waals surface area contributed by atoms with Crippen molar-refractivity contribution >= 4 is 34.2 Å². The molecule has 0 aliphatic rings. The van der Waals surface area contributed by atoms with Crippen LogP contribution in [-0.2, 0) is 20.7 Å². The number of hydrogen-bond acceptors (Lipinski definition) is 7. The van der Waals surface area contributed by atoms with Crippen LogP contribution in [0.15, 0.2) is 24.3 Å². The summed E-state index contributed by atoms with van der Waals surface area (Å²) in [6.45, 7) is 8.79. The van der Waals surface area contributed by atoms with E-state index in [9.17, 15) is 14.4 Å². The molecule has 0 aliphatic heterocycles. The van der Waals surface area contributed by atoms with Gasteiger partial charge in [0.2, 0.25) is 5.91 Å². The van der Waals surface area contributed by atoms with E-state index < -0.39 is 17.5 Å². The molecule has 2 aromatic rings. The quantitative estimate of drug-likeness (QED) is 0.652. The van der Waals surface area contributed by atoms with Crippen LogP contribution in [0.2, 0.25) is 0 Å². The van der Waals surface area contributed by atoms with Crippen LogP contribution in [0, 0.1) is 6.92 Å². The highest BCUT2D eigenvalue weighted by Crippen LogP contribution is 2.35. The van der Waals surface area contributed by atoms with E-state index >= 15 is 0 Å². The largest absolute Gasteiger partial charge is 0.497 e. The van der Waals surface area contributed by atoms with Gasteiger partial charge >= 0.3 is 11.9 Å². The number of ether oxygens (including phenoxy) is 3. The lowest BCUT2D eigenvalue weighted by Crippen LogP contribution is -2.23. The fourth-order valence-electron chi connectivity index (χ4n) is 2.67. The second kappa shape index (κ2) is 9.75. The van der Waals surface area contributed by atoms with Crippen molar-refractivity contribution in [2.24, 2.45) is 0 Å². The van der Waals surface area contributed by atoms with Gasteiger partial charge < -0.3 is 19.5 Å². The van der Waals surface area contributed by atoms with Crippen LogP contribution in [0.5, 0.6) is 5.75 Å². The molecule has 7 nitrogen and oxygen atoms in total. The number of carbonyl (C=O) groups excluding carboxylic acids is 3. The molecule has 30 heavy (non-hydrogen) atoms. The van der Waals surface area contributed by atoms with Crippen molar-refractivity contribution in [3.05, 3.63) is 45.8 Å². The Balaban J connectivity index is 2.29. The number of hydrogen-bond donors (Lipinski definition) is 1. The molecule has 0 fully saturated rings. The molecule has 0 spiro atoms. The summed E-state index contributed by atoms with van der Waals surface area (Å²) in [5.74, 6) is -0.769. The lowest BCUT2D eigenvalue weighted by Gasteiger charge is -2.19. The second-order valence-electron chi connectivity index (χ2n) is 7.56. The zero-order chi connectivity index (χ0) is 22.5. The first-order valence-electron chi connectivity index (χ1n) is 9.52. The van der Waals surface area contributed by atoms with Crippen LogP contribution in [-0.4, -0.2) is 37.2 Å². The highest BCUT2D eigenvalue weighted by Gasteiger charge is 2.29. The van der Waals surface area contributed by atoms with Gasteiger partial charge in [0.1, 0.15) is 21.2 Å². The number of nitrogens with one attached hydrogen (secondary N) is 1. The summed E-state index contributed by atoms with van der Waals surface area (Å²) in [5.41, 5.74) is 0.694. The number of amides is 1. The molecule has 1 amide bonds. The molecule has 0 saturated heterocycles. The molecule has 0 bridgehead atoms. The van der Waals surface area contributed by atoms with E-state index in [2.05, 4.69) is 5.32 Å². The summed E-state index contributed by atoms with van der Waals surface area (Å²) in [5, 5.41) is 3.01. The minimum Gasteiger partial charge on any atom is -0.497 e. The molecule has 1 heterocycles. The van der Waals surface area contributed by atoms with Crippen molar-refractivity contribution < 1.29 is 28.6 Å². The smallest absolute Gasteiger partial charge is 0.349 e. The first-order valence-corrected chi connectivity index (χ1v) is 10.3. The van der Waals surface area contributed by atoms with Gasteiger partial charge in [-0.3, -0.25) is 4.79 Å². The van der Waals surface area contributed by atoms with Crippen molar-refractivity contribution in [1.82, 2.24) is 0 Å². The standard InChI is InChI=1S/C22H27NO6S/c1-7-28-20(25)17-13(2)18(21(26)29-22(3,4)5)30-19(17)23-16(24)12-14-8-10-15(27-6)11-9-14/h8-11H,7,12H2,1-6H3,(H,23,24). The summed E-state index contributed by atoms with van der Waals surface area (Å²) in [7, 11) is 1.57. The van der Waals surface area contributed by atoms with Crippen molar-refractivity contribution in [1.29, 1.82) is 0 Å². The van der Waals surface area contributed by atoms with Gasteiger partial charge in [-0.05, 0) is 57.9 Å². The summed E-state index contributed by atoms with van der Waals surface area (Å²) < 4.78 is 15.7. The van der Waals surface area contributed by atoms with Crippen molar-refractivity contribution in [3.63, 3.8) is 0 Å². The Morgan fingerprint density at radius 3 is 2.23 bits per heavy atom. The molecule has 1 aromatic carbocycles. The summed E-state index contributed by atoms with van der Waals surface area (Å²) >= 11 is 1.01. The Bertz CT molecular complexity index is 924. The Morgan fingerprint density at radius 1 is 1.07 bits per heavy atom. The van der Waals surface area contributed by atoms with Gasteiger partial charge in [0, 0.05) is 0 Å². The fourth-order valence-corrected chi connectivity index (χ4v) is 3.76. The van der Waals surface area contributed by atoms with E-state index in [4.69, 9.17) is 14.2 Å². The van der Waals surface area contributed by atoms with E-state index in [1.807, 2.05) is 0 Å². The van der Waals surface area contributed by atoms with E-state index in [1.54, 1.807) is 66.0 Å². The molecule has 162 valence electrons. The van der Waals surface area contributed by atoms with Gasteiger partial charge in [0.25, 0.3) is 0 Å². The van der Waals surface area contributed by atoms with E-state index in [0.29, 0.717) is 11.3 Å². The maximum Gasteiger partial charge on any atom is 0.349 e. The first kappa shape index (κ1) is 23.4. The molecule has 1 N–H and O–H groups in total. The Kier molecular flexibility index (Phi) is 7.61. The molecular formula is C22H27NO6S. The zero-order valence-electron chi connectivity index (χ0n) is 18.1. The number of rotatable bonds is 7. The number of methoxy groups -OCH3 is 1. The maximum absolute atomic E-state index is 12.6. The Labute approximate surface area is 180 Å². The fraction of sp³-hybridized carbons (Fsp3) is 0.409. The van der Waals surface area contributed by atoms with E-state index in [1.165, 1.54) is 0 Å². The van der Waals surface area contributed by atoms with Crippen molar-refractivity contribution in [3.8, 4) is 5.75 Å². The highest BCUT2D eigenvalue weighted by molar-refractivity contribution is 7.18. The Morgan fingerprint density at radius 2 is 1.70 bits per heavy atom. The molecule has 8 heteroatoms. The van der Waals surface area contributed by atoms with Crippen molar-refractivity contribution in [2.45, 2.75) is 46.6 Å². The van der Waals surface area contributed by atoms with Crippen LogP contribution in [0.25, 0.3) is 0 Å². The Hall–Kier alpha value is -2.87. The minimum atomic E-state index is -0.685. The zero-order valence-corrected chi connectivity index (χ0v) is 18.9. The van der Waals surface area contributed by atoms with Gasteiger partial charge in [0.05, 0.1) is 25.7 Å². The predicted molar refractivity (Wildman–Crippen MR) is 116 cm³/mol. The molecule has 1 aromatic heterocycles. The lowest BCUT2D eigenvalue weighted by atomic mass is 10.1. The highest BCUT2D eigenvalue weighted by atomic mass is 32.1. The van der Waals surface area contributed by atoms with E-state index in [0.717, 1.165) is 16.9 Å². The summed E-state index contributed by atoms with van der Waals surface area (Å²) in [4.78, 5) is 37.9. The lowest BCUT2D eigenvalue weighted by molar-refractivity contribution is -0.115. The van der Waals surface area contributed by atoms with Crippen molar-refractivity contribution in [2.75, 3.05) is 19.0 Å². The minimum absolute atomic E-state index is 0.102. The van der Waals surface area contributed by atoms with Crippen LogP contribution in [0.1, 0.15) is 58.9 Å². The van der Waals surface area contributed by atoms with Gasteiger partial charge in [-0.2, -0.15) is 0 Å². The second-order valence-corrected chi connectivity index (χ2v) is 8.58. The molecule has 2 rings (SSSR count). The third-order valence-electron chi connectivity index (χ3n) is 3.99. The number of esters is 2. The topological polar surface area (TPSA) is 90.9 Å². The first-order chi connectivity index (χ1) is 14.1. The van der Waals surface area contributed by atoms with E-state index in [-0.39, 0.29) is 34.4 Å². The third-order valence-corrected chi connectivity index (χ3v) is 5.17. The monoisotopic (exact) mass is 433 g/mol. The van der Waals surface area contributed by atoms with Gasteiger partial charge in [-0.15, -0.1) is 11.3 Å². The number of carbonyl (C=O) groups is 3. The summed E-state index contributed by atoms with van der Waals surface area (Å²) in [6, 6.07) is 7.11. The van der Waals surface area contributed by atoms with Gasteiger partial charge in [0.15, 0.2) is 0 Å². The average Bonchev–Trinajstić information content (AvgIpc) is 2.97. The van der Waals surface area contributed by atoms with Crippen LogP contribution >= 0.6 is 11.3 Å². The number of thiophene rings is 1. The maximum atomic E-state index is 12.6.